The average Bonchev–Trinajstić information content (AvgIpc) is 3.42. The van der Waals surface area contributed by atoms with E-state index in [0.29, 0.717) is 31.2 Å². The summed E-state index contributed by atoms with van der Waals surface area (Å²) in [6.07, 6.45) is 6.77. The maximum atomic E-state index is 13.4. The van der Waals surface area contributed by atoms with Crippen LogP contribution in [0.15, 0.2) is 42.7 Å². The highest BCUT2D eigenvalue weighted by Gasteiger charge is 2.49. The third-order valence-electron chi connectivity index (χ3n) is 6.38. The molecular formula is C22H21FN2O3. The number of pyridine rings is 1. The van der Waals surface area contributed by atoms with Crippen LogP contribution >= 0.6 is 0 Å². The predicted molar refractivity (Wildman–Crippen MR) is 99.0 cm³/mol. The molecule has 5 nitrogen and oxygen atoms in total. The first-order valence-electron chi connectivity index (χ1n) is 9.79. The first kappa shape index (κ1) is 17.3. The molecule has 28 heavy (non-hydrogen) atoms. The molecule has 5 rings (SSSR count). The van der Waals surface area contributed by atoms with Crippen LogP contribution in [-0.2, 0) is 15.1 Å². The largest absolute Gasteiger partial charge is 0.450 e. The Morgan fingerprint density at radius 2 is 2.07 bits per heavy atom. The van der Waals surface area contributed by atoms with Crippen molar-refractivity contribution < 1.29 is 18.7 Å². The monoisotopic (exact) mass is 380 g/mol. The molecule has 2 aromatic rings. The lowest BCUT2D eigenvalue weighted by molar-refractivity contribution is -0.128. The third kappa shape index (κ3) is 2.87. The lowest BCUT2D eigenvalue weighted by Crippen LogP contribution is -2.39. The van der Waals surface area contributed by atoms with Crippen molar-refractivity contribution in [2.75, 3.05) is 0 Å². The van der Waals surface area contributed by atoms with Gasteiger partial charge in [0.05, 0.1) is 5.56 Å². The van der Waals surface area contributed by atoms with E-state index < -0.39 is 5.60 Å². The summed E-state index contributed by atoms with van der Waals surface area (Å²) in [5.74, 6) is -0.374. The van der Waals surface area contributed by atoms with Crippen LogP contribution in [0.5, 0.6) is 0 Å². The molecule has 3 aliphatic rings. The standard InChI is InChI=1S/C22H21FN2O3/c23-15-3-1-2-14(10-15)17-11-19(17)25-20(26)13-4-7-22(8-5-13)18-12-24-9-6-16(18)21(27)28-22/h1-3,6,9-10,12-13,17,19H,4-5,7-8,11H2,(H,25,26). The lowest BCUT2D eigenvalue weighted by Gasteiger charge is -2.35. The van der Waals surface area contributed by atoms with Gasteiger partial charge in [-0.15, -0.1) is 0 Å². The number of esters is 1. The fourth-order valence-electron chi connectivity index (χ4n) is 4.70. The number of hydrogen-bond acceptors (Lipinski definition) is 4. The Labute approximate surface area is 162 Å². The summed E-state index contributed by atoms with van der Waals surface area (Å²) in [6, 6.07) is 8.37. The van der Waals surface area contributed by atoms with Crippen LogP contribution in [-0.4, -0.2) is 22.9 Å². The number of halogens is 1. The number of carbonyl (C=O) groups excluding carboxylic acids is 2. The Hall–Kier alpha value is -2.76. The van der Waals surface area contributed by atoms with Crippen molar-refractivity contribution in [3.05, 3.63) is 65.2 Å². The van der Waals surface area contributed by atoms with Crippen molar-refractivity contribution in [2.24, 2.45) is 5.92 Å². The number of fused-ring (bicyclic) bond motifs is 2. The summed E-state index contributed by atoms with van der Waals surface area (Å²) in [7, 11) is 0. The molecule has 1 N–H and O–H groups in total. The molecule has 2 fully saturated rings. The van der Waals surface area contributed by atoms with Gasteiger partial charge in [0.1, 0.15) is 11.4 Å². The van der Waals surface area contributed by atoms with Crippen LogP contribution in [0.4, 0.5) is 4.39 Å². The highest BCUT2D eigenvalue weighted by molar-refractivity contribution is 5.94. The summed E-state index contributed by atoms with van der Waals surface area (Å²) < 4.78 is 19.1. The van der Waals surface area contributed by atoms with Crippen molar-refractivity contribution in [1.82, 2.24) is 10.3 Å². The van der Waals surface area contributed by atoms with Gasteiger partial charge < -0.3 is 10.1 Å². The van der Waals surface area contributed by atoms with E-state index in [1.165, 1.54) is 6.07 Å². The van der Waals surface area contributed by atoms with E-state index in [1.807, 2.05) is 6.07 Å². The van der Waals surface area contributed by atoms with E-state index in [-0.39, 0.29) is 35.6 Å². The molecule has 2 unspecified atom stereocenters. The van der Waals surface area contributed by atoms with Crippen molar-refractivity contribution in [3.63, 3.8) is 0 Å². The molecule has 0 saturated heterocycles. The van der Waals surface area contributed by atoms with Gasteiger partial charge in [-0.3, -0.25) is 9.78 Å². The summed E-state index contributed by atoms with van der Waals surface area (Å²) in [5, 5.41) is 3.12. The second kappa shape index (κ2) is 6.40. The molecule has 1 amide bonds. The molecule has 6 heteroatoms. The van der Waals surface area contributed by atoms with Gasteiger partial charge in [-0.2, -0.15) is 0 Å². The van der Waals surface area contributed by atoms with E-state index in [4.69, 9.17) is 4.74 Å². The van der Waals surface area contributed by atoms with E-state index >= 15 is 0 Å². The molecule has 1 spiro atoms. The zero-order chi connectivity index (χ0) is 19.3. The molecule has 2 heterocycles. The minimum absolute atomic E-state index is 0.0505. The Balaban J connectivity index is 1.20. The van der Waals surface area contributed by atoms with Gasteiger partial charge in [0, 0.05) is 35.8 Å². The van der Waals surface area contributed by atoms with Crippen LogP contribution < -0.4 is 5.32 Å². The van der Waals surface area contributed by atoms with Gasteiger partial charge in [-0.05, 0) is 55.9 Å². The number of aromatic nitrogens is 1. The van der Waals surface area contributed by atoms with Crippen LogP contribution in [0.2, 0.25) is 0 Å². The number of ether oxygens (including phenoxy) is 1. The average molecular weight is 380 g/mol. The van der Waals surface area contributed by atoms with E-state index in [0.717, 1.165) is 17.5 Å². The number of carbonyl (C=O) groups is 2. The molecule has 2 saturated carbocycles. The van der Waals surface area contributed by atoms with Crippen molar-refractivity contribution in [3.8, 4) is 0 Å². The molecule has 1 aromatic heterocycles. The fourth-order valence-corrected chi connectivity index (χ4v) is 4.70. The molecule has 2 aliphatic carbocycles. The number of nitrogens with one attached hydrogen (secondary N) is 1. The fraction of sp³-hybridized carbons (Fsp3) is 0.409. The van der Waals surface area contributed by atoms with E-state index in [2.05, 4.69) is 10.3 Å². The minimum atomic E-state index is -0.624. The van der Waals surface area contributed by atoms with Crippen molar-refractivity contribution in [2.45, 2.75) is 49.7 Å². The summed E-state index contributed by atoms with van der Waals surface area (Å²) in [5.41, 5.74) is 1.76. The molecule has 1 aromatic carbocycles. The maximum absolute atomic E-state index is 13.4. The normalized spacial score (nSPS) is 30.6. The van der Waals surface area contributed by atoms with Crippen LogP contribution in [0.1, 0.15) is 59.5 Å². The van der Waals surface area contributed by atoms with Crippen LogP contribution in [0.25, 0.3) is 0 Å². The predicted octanol–water partition coefficient (Wildman–Crippen LogP) is 3.45. The second-order valence-corrected chi connectivity index (χ2v) is 8.09. The Bertz CT molecular complexity index is 952. The second-order valence-electron chi connectivity index (χ2n) is 8.09. The summed E-state index contributed by atoms with van der Waals surface area (Å²) >= 11 is 0. The molecule has 1 aliphatic heterocycles. The zero-order valence-electron chi connectivity index (χ0n) is 15.4. The highest BCUT2D eigenvalue weighted by Crippen LogP contribution is 2.48. The van der Waals surface area contributed by atoms with Crippen LogP contribution in [0.3, 0.4) is 0 Å². The third-order valence-corrected chi connectivity index (χ3v) is 6.38. The first-order chi connectivity index (χ1) is 13.6. The van der Waals surface area contributed by atoms with Gasteiger partial charge in [-0.1, -0.05) is 12.1 Å². The SMILES string of the molecule is O=C1OC2(CCC(C(=O)NC3CC3c3cccc(F)c3)CC2)c2cnccc21. The molecule has 144 valence electrons. The highest BCUT2D eigenvalue weighted by atomic mass is 19.1. The van der Waals surface area contributed by atoms with Gasteiger partial charge in [0.15, 0.2) is 0 Å². The molecular weight excluding hydrogens is 359 g/mol. The summed E-state index contributed by atoms with van der Waals surface area (Å²) in [6.45, 7) is 0. The summed E-state index contributed by atoms with van der Waals surface area (Å²) in [4.78, 5) is 29.0. The maximum Gasteiger partial charge on any atom is 0.339 e. The topological polar surface area (TPSA) is 68.3 Å². The minimum Gasteiger partial charge on any atom is -0.450 e. The zero-order valence-corrected chi connectivity index (χ0v) is 15.4. The van der Waals surface area contributed by atoms with Crippen molar-refractivity contribution >= 4 is 11.9 Å². The Morgan fingerprint density at radius 1 is 1.25 bits per heavy atom. The number of amides is 1. The van der Waals surface area contributed by atoms with Gasteiger partial charge in [0.25, 0.3) is 0 Å². The number of hydrogen-bond donors (Lipinski definition) is 1. The molecule has 2 atom stereocenters. The molecule has 0 radical (unpaired) electrons. The number of nitrogens with zero attached hydrogens (tertiary/aromatic N) is 1. The Kier molecular flexibility index (Phi) is 3.96. The first-order valence-corrected chi connectivity index (χ1v) is 9.79. The van der Waals surface area contributed by atoms with E-state index in [1.54, 1.807) is 30.6 Å². The quantitative estimate of drug-likeness (QED) is 0.828. The van der Waals surface area contributed by atoms with Crippen LogP contribution in [0, 0.1) is 11.7 Å². The Morgan fingerprint density at radius 3 is 2.86 bits per heavy atom. The van der Waals surface area contributed by atoms with Gasteiger partial charge in [0.2, 0.25) is 5.91 Å². The smallest absolute Gasteiger partial charge is 0.339 e. The van der Waals surface area contributed by atoms with Gasteiger partial charge in [-0.25, -0.2) is 9.18 Å². The number of benzene rings is 1. The van der Waals surface area contributed by atoms with E-state index in [9.17, 15) is 14.0 Å². The van der Waals surface area contributed by atoms with Gasteiger partial charge >= 0.3 is 5.97 Å². The van der Waals surface area contributed by atoms with Crippen molar-refractivity contribution in [1.29, 1.82) is 0 Å². The number of rotatable bonds is 3. The lowest BCUT2D eigenvalue weighted by atomic mass is 9.75. The molecule has 0 bridgehead atoms.